The van der Waals surface area contributed by atoms with E-state index >= 15 is 0 Å². The number of hydrogen-bond donors (Lipinski definition) is 0. The molecule has 0 amide bonds. The van der Waals surface area contributed by atoms with Crippen LogP contribution in [0.5, 0.6) is 5.88 Å². The van der Waals surface area contributed by atoms with Crippen LogP contribution in [0.4, 0.5) is 0 Å². The molecule has 1 unspecified atom stereocenters. The van der Waals surface area contributed by atoms with Crippen LogP contribution in [0.3, 0.4) is 0 Å². The number of fused-ring (bicyclic) bond motifs is 1. The Morgan fingerprint density at radius 2 is 2.17 bits per heavy atom. The molecule has 1 aliphatic rings. The van der Waals surface area contributed by atoms with Crippen molar-refractivity contribution in [1.82, 2.24) is 9.88 Å². The van der Waals surface area contributed by atoms with Crippen molar-refractivity contribution < 1.29 is 4.74 Å². The van der Waals surface area contributed by atoms with Gasteiger partial charge < -0.3 is 9.64 Å². The van der Waals surface area contributed by atoms with Gasteiger partial charge in [0.15, 0.2) is 0 Å². The van der Waals surface area contributed by atoms with Gasteiger partial charge in [0.05, 0.1) is 5.52 Å². The van der Waals surface area contributed by atoms with E-state index < -0.39 is 0 Å². The zero-order chi connectivity index (χ0) is 16.7. The van der Waals surface area contributed by atoms with Gasteiger partial charge in [-0.1, -0.05) is 36.4 Å². The first-order chi connectivity index (χ1) is 11.1. The minimum atomic E-state index is 0.257. The van der Waals surface area contributed by atoms with E-state index in [0.29, 0.717) is 5.88 Å². The summed E-state index contributed by atoms with van der Waals surface area (Å²) in [5.41, 5.74) is 0.920. The lowest BCUT2D eigenvalue weighted by molar-refractivity contribution is 0.201. The monoisotopic (exact) mass is 330 g/mol. The molecule has 2 heterocycles. The number of halogens is 1. The molecule has 1 saturated heterocycles. The quantitative estimate of drug-likeness (QED) is 0.761. The van der Waals surface area contributed by atoms with Gasteiger partial charge in [-0.15, -0.1) is 0 Å². The fourth-order valence-electron chi connectivity index (χ4n) is 2.44. The Kier molecular flexibility index (Phi) is 6.63. The predicted octanol–water partition coefficient (Wildman–Crippen LogP) is 4.72. The van der Waals surface area contributed by atoms with Gasteiger partial charge in [0, 0.05) is 29.6 Å². The van der Waals surface area contributed by atoms with E-state index in [1.165, 1.54) is 0 Å². The zero-order valence-corrected chi connectivity index (χ0v) is 14.5. The van der Waals surface area contributed by atoms with E-state index in [1.54, 1.807) is 6.08 Å². The molecule has 23 heavy (non-hydrogen) atoms. The number of nitrogens with zero attached hydrogens (tertiary/aromatic N) is 2. The third kappa shape index (κ3) is 5.38. The van der Waals surface area contributed by atoms with E-state index in [2.05, 4.69) is 23.5 Å². The Balaban J connectivity index is 0.000000338. The van der Waals surface area contributed by atoms with Crippen molar-refractivity contribution >= 4 is 22.5 Å². The molecule has 0 spiro atoms. The summed E-state index contributed by atoms with van der Waals surface area (Å²) in [6, 6.07) is 9.60. The van der Waals surface area contributed by atoms with Gasteiger partial charge in [-0.2, -0.15) is 0 Å². The topological polar surface area (TPSA) is 25.4 Å². The van der Waals surface area contributed by atoms with Gasteiger partial charge in [0.1, 0.15) is 6.10 Å². The fraction of sp³-hybridized carbons (Fsp3) is 0.316. The Morgan fingerprint density at radius 1 is 1.35 bits per heavy atom. The lowest BCUT2D eigenvalue weighted by Crippen LogP contribution is -2.21. The van der Waals surface area contributed by atoms with E-state index in [-0.39, 0.29) is 6.10 Å². The maximum absolute atomic E-state index is 5.95. The number of pyridine rings is 1. The number of rotatable bonds is 3. The number of likely N-dealkylation sites (N-methyl/N-ethyl adjacent to an activating group) is 1. The molecule has 3 nitrogen and oxygen atoms in total. The summed E-state index contributed by atoms with van der Waals surface area (Å²) in [4.78, 5) is 6.77. The number of ether oxygens (including phenoxy) is 1. The number of likely N-dealkylation sites (tertiary alicyclic amines) is 1. The van der Waals surface area contributed by atoms with E-state index in [1.807, 2.05) is 49.4 Å². The van der Waals surface area contributed by atoms with Crippen LogP contribution < -0.4 is 4.74 Å². The second kappa shape index (κ2) is 8.70. The Morgan fingerprint density at radius 3 is 2.78 bits per heavy atom. The van der Waals surface area contributed by atoms with Crippen LogP contribution in [0.25, 0.3) is 10.9 Å². The van der Waals surface area contributed by atoms with Gasteiger partial charge in [-0.05, 0) is 44.7 Å². The van der Waals surface area contributed by atoms with Crippen molar-refractivity contribution in [3.8, 4) is 5.88 Å². The second-order valence-electron chi connectivity index (χ2n) is 5.54. The summed E-state index contributed by atoms with van der Waals surface area (Å²) >= 11 is 5.95. The highest BCUT2D eigenvalue weighted by atomic mass is 35.5. The van der Waals surface area contributed by atoms with Crippen LogP contribution in [0.2, 0.25) is 5.02 Å². The normalized spacial score (nSPS) is 18.0. The Labute approximate surface area is 143 Å². The van der Waals surface area contributed by atoms with Crippen LogP contribution in [0.1, 0.15) is 13.3 Å². The van der Waals surface area contributed by atoms with Crippen molar-refractivity contribution in [2.45, 2.75) is 19.4 Å². The maximum atomic E-state index is 5.95. The molecular formula is C19H23ClN2O. The molecular weight excluding hydrogens is 308 g/mol. The average molecular weight is 331 g/mol. The lowest BCUT2D eigenvalue weighted by Gasteiger charge is -2.13. The summed E-state index contributed by atoms with van der Waals surface area (Å²) in [6.07, 6.45) is 6.90. The standard InChI is InChI=1S/C14H15ClN2O.C5H8/c1-17-7-6-12(9-17)18-14-5-2-10-8-11(15)3-4-13(10)16-14;1-3-5-4-2/h2-5,8,12H,6-7,9H2,1H3;3-5H,1H2,2H3/b;5-4-. The first-order valence-corrected chi connectivity index (χ1v) is 8.15. The third-order valence-corrected chi connectivity index (χ3v) is 3.82. The van der Waals surface area contributed by atoms with E-state index in [9.17, 15) is 0 Å². The van der Waals surface area contributed by atoms with Crippen LogP contribution >= 0.6 is 11.6 Å². The number of hydrogen-bond acceptors (Lipinski definition) is 3. The summed E-state index contributed by atoms with van der Waals surface area (Å²) in [5, 5.41) is 1.77. The highest BCUT2D eigenvalue weighted by molar-refractivity contribution is 6.31. The molecule has 122 valence electrons. The van der Waals surface area contributed by atoms with Crippen LogP contribution in [-0.4, -0.2) is 36.1 Å². The van der Waals surface area contributed by atoms with Crippen LogP contribution in [0.15, 0.2) is 55.1 Å². The molecule has 1 atom stereocenters. The van der Waals surface area contributed by atoms with Crippen molar-refractivity contribution in [3.63, 3.8) is 0 Å². The van der Waals surface area contributed by atoms with Gasteiger partial charge >= 0.3 is 0 Å². The van der Waals surface area contributed by atoms with Crippen molar-refractivity contribution in [1.29, 1.82) is 0 Å². The van der Waals surface area contributed by atoms with Gasteiger partial charge in [0.25, 0.3) is 0 Å². The molecule has 4 heteroatoms. The summed E-state index contributed by atoms with van der Waals surface area (Å²) in [5.74, 6) is 0.699. The molecule has 2 aromatic rings. The smallest absolute Gasteiger partial charge is 0.214 e. The minimum absolute atomic E-state index is 0.257. The van der Waals surface area contributed by atoms with Crippen LogP contribution in [0, 0.1) is 0 Å². The van der Waals surface area contributed by atoms with Gasteiger partial charge in [-0.25, -0.2) is 4.98 Å². The predicted molar refractivity (Wildman–Crippen MR) is 98.3 cm³/mol. The third-order valence-electron chi connectivity index (χ3n) is 3.59. The molecule has 0 bridgehead atoms. The average Bonchev–Trinajstić information content (AvgIpc) is 2.94. The molecule has 0 saturated carbocycles. The van der Waals surface area contributed by atoms with Crippen LogP contribution in [-0.2, 0) is 0 Å². The zero-order valence-electron chi connectivity index (χ0n) is 13.7. The summed E-state index contributed by atoms with van der Waals surface area (Å²) in [6.45, 7) is 7.49. The van der Waals surface area contributed by atoms with E-state index in [4.69, 9.17) is 16.3 Å². The molecule has 0 radical (unpaired) electrons. The second-order valence-corrected chi connectivity index (χ2v) is 5.98. The minimum Gasteiger partial charge on any atom is -0.473 e. The Bertz CT molecular complexity index is 684. The van der Waals surface area contributed by atoms with Gasteiger partial charge in [0.2, 0.25) is 5.88 Å². The van der Waals surface area contributed by atoms with E-state index in [0.717, 1.165) is 35.4 Å². The SMILES string of the molecule is C=C/C=C\C.CN1CCC(Oc2ccc3cc(Cl)ccc3n2)C1. The first-order valence-electron chi connectivity index (χ1n) is 7.77. The van der Waals surface area contributed by atoms with Gasteiger partial charge in [-0.3, -0.25) is 0 Å². The van der Waals surface area contributed by atoms with Crippen molar-refractivity contribution in [2.24, 2.45) is 0 Å². The largest absolute Gasteiger partial charge is 0.473 e. The molecule has 0 aliphatic carbocycles. The lowest BCUT2D eigenvalue weighted by atomic mass is 10.2. The molecule has 3 rings (SSSR count). The van der Waals surface area contributed by atoms with Crippen molar-refractivity contribution in [2.75, 3.05) is 20.1 Å². The highest BCUT2D eigenvalue weighted by Crippen LogP contribution is 2.22. The molecule has 1 aromatic heterocycles. The summed E-state index contributed by atoms with van der Waals surface area (Å²) in [7, 11) is 2.11. The Hall–Kier alpha value is -1.84. The number of aromatic nitrogens is 1. The molecule has 1 aliphatic heterocycles. The fourth-order valence-corrected chi connectivity index (χ4v) is 2.62. The molecule has 1 fully saturated rings. The summed E-state index contributed by atoms with van der Waals surface area (Å²) < 4.78 is 5.90. The maximum Gasteiger partial charge on any atom is 0.214 e. The number of allylic oxidation sites excluding steroid dienone is 3. The molecule has 0 N–H and O–H groups in total. The first kappa shape index (κ1) is 17.5. The highest BCUT2D eigenvalue weighted by Gasteiger charge is 2.21. The number of benzene rings is 1. The van der Waals surface area contributed by atoms with Crippen molar-refractivity contribution in [3.05, 3.63) is 60.2 Å². The molecule has 1 aromatic carbocycles.